The molecule has 2 aliphatic rings. The molecule has 1 aliphatic heterocycles. The fraction of sp³-hybridized carbons (Fsp3) is 1.00. The number of hydrogen-bond donors (Lipinski definition) is 2. The van der Waals surface area contributed by atoms with Gasteiger partial charge in [0.05, 0.1) is 6.10 Å². The maximum absolute atomic E-state index is 10.0. The first kappa shape index (κ1) is 15.3. The first-order valence-corrected chi connectivity index (χ1v) is 8.23. The standard InChI is InChI=1S/C16H32N2O/c1-14(2)17-12-15(19)13-18-10-8-16(9-11-18)6-4-3-5-7-16/h14-15,17,19H,3-13H2,1-2H3. The van der Waals surface area contributed by atoms with Crippen molar-refractivity contribution in [1.82, 2.24) is 10.2 Å². The van der Waals surface area contributed by atoms with Crippen LogP contribution in [0, 0.1) is 5.41 Å². The van der Waals surface area contributed by atoms with Crippen LogP contribution in [0.1, 0.15) is 58.8 Å². The first-order chi connectivity index (χ1) is 9.10. The van der Waals surface area contributed by atoms with Gasteiger partial charge in [-0.25, -0.2) is 0 Å². The second kappa shape index (κ2) is 7.05. The Balaban J connectivity index is 1.68. The molecular weight excluding hydrogens is 236 g/mol. The summed E-state index contributed by atoms with van der Waals surface area (Å²) in [4.78, 5) is 2.46. The number of β-amino-alcohol motifs (C(OH)–C–C–N with tert-alkyl or cyclic N) is 1. The molecule has 2 fully saturated rings. The highest BCUT2D eigenvalue weighted by Gasteiger charge is 2.35. The molecular formula is C16H32N2O. The van der Waals surface area contributed by atoms with Crippen molar-refractivity contribution < 1.29 is 5.11 Å². The number of nitrogens with one attached hydrogen (secondary N) is 1. The van der Waals surface area contributed by atoms with E-state index >= 15 is 0 Å². The molecule has 2 rings (SSSR count). The van der Waals surface area contributed by atoms with E-state index < -0.39 is 0 Å². The van der Waals surface area contributed by atoms with Gasteiger partial charge in [0.1, 0.15) is 0 Å². The molecule has 1 unspecified atom stereocenters. The Morgan fingerprint density at radius 1 is 1.05 bits per heavy atom. The summed E-state index contributed by atoms with van der Waals surface area (Å²) in [6.07, 6.45) is 9.75. The van der Waals surface area contributed by atoms with E-state index in [-0.39, 0.29) is 6.10 Å². The van der Waals surface area contributed by atoms with Crippen LogP contribution in [0.3, 0.4) is 0 Å². The lowest BCUT2D eigenvalue weighted by Gasteiger charge is -2.44. The minimum Gasteiger partial charge on any atom is -0.390 e. The predicted molar refractivity (Wildman–Crippen MR) is 80.3 cm³/mol. The van der Waals surface area contributed by atoms with E-state index in [9.17, 15) is 5.11 Å². The maximum atomic E-state index is 10.0. The molecule has 0 aromatic rings. The second-order valence-electron chi connectivity index (χ2n) is 7.08. The lowest BCUT2D eigenvalue weighted by Crippen LogP contribution is -2.46. The number of rotatable bonds is 5. The fourth-order valence-electron chi connectivity index (χ4n) is 3.75. The normalized spacial score (nSPS) is 25.9. The van der Waals surface area contributed by atoms with Crippen LogP contribution in [0.15, 0.2) is 0 Å². The van der Waals surface area contributed by atoms with Gasteiger partial charge in [-0.2, -0.15) is 0 Å². The van der Waals surface area contributed by atoms with Crippen molar-refractivity contribution in [3.05, 3.63) is 0 Å². The van der Waals surface area contributed by atoms with Crippen LogP contribution in [0.25, 0.3) is 0 Å². The van der Waals surface area contributed by atoms with Crippen LogP contribution in [0.5, 0.6) is 0 Å². The summed E-state index contributed by atoms with van der Waals surface area (Å²) in [6.45, 7) is 8.20. The molecule has 0 aromatic carbocycles. The molecule has 0 bridgehead atoms. The van der Waals surface area contributed by atoms with Gasteiger partial charge < -0.3 is 15.3 Å². The van der Waals surface area contributed by atoms with E-state index in [1.165, 1.54) is 58.0 Å². The molecule has 0 aromatic heterocycles. The summed E-state index contributed by atoms with van der Waals surface area (Å²) >= 11 is 0. The number of aliphatic hydroxyl groups is 1. The number of nitrogens with zero attached hydrogens (tertiary/aromatic N) is 1. The smallest absolute Gasteiger partial charge is 0.0791 e. The van der Waals surface area contributed by atoms with Crippen molar-refractivity contribution in [2.75, 3.05) is 26.2 Å². The van der Waals surface area contributed by atoms with Crippen LogP contribution in [-0.2, 0) is 0 Å². The molecule has 1 saturated heterocycles. The Morgan fingerprint density at radius 2 is 1.68 bits per heavy atom. The number of hydrogen-bond acceptors (Lipinski definition) is 3. The third-order valence-electron chi connectivity index (χ3n) is 5.06. The fourth-order valence-corrected chi connectivity index (χ4v) is 3.75. The van der Waals surface area contributed by atoms with Gasteiger partial charge in [-0.3, -0.25) is 0 Å². The Labute approximate surface area is 118 Å². The van der Waals surface area contributed by atoms with Crippen LogP contribution < -0.4 is 5.32 Å². The van der Waals surface area contributed by atoms with E-state index in [4.69, 9.17) is 0 Å². The molecule has 0 amide bonds. The number of likely N-dealkylation sites (tertiary alicyclic amines) is 1. The quantitative estimate of drug-likeness (QED) is 0.803. The van der Waals surface area contributed by atoms with Gasteiger partial charge in [0.2, 0.25) is 0 Å². The highest BCUT2D eigenvalue weighted by Crippen LogP contribution is 2.44. The van der Waals surface area contributed by atoms with Crippen LogP contribution in [0.2, 0.25) is 0 Å². The molecule has 0 radical (unpaired) electrons. The van der Waals surface area contributed by atoms with Crippen molar-refractivity contribution in [3.8, 4) is 0 Å². The van der Waals surface area contributed by atoms with E-state index in [2.05, 4.69) is 24.1 Å². The van der Waals surface area contributed by atoms with Crippen molar-refractivity contribution in [1.29, 1.82) is 0 Å². The highest BCUT2D eigenvalue weighted by atomic mass is 16.3. The minimum absolute atomic E-state index is 0.220. The lowest BCUT2D eigenvalue weighted by atomic mass is 9.68. The van der Waals surface area contributed by atoms with Crippen molar-refractivity contribution in [3.63, 3.8) is 0 Å². The van der Waals surface area contributed by atoms with Crippen molar-refractivity contribution in [2.45, 2.75) is 70.9 Å². The van der Waals surface area contributed by atoms with Crippen LogP contribution in [0.4, 0.5) is 0 Å². The van der Waals surface area contributed by atoms with Gasteiger partial charge in [-0.1, -0.05) is 33.1 Å². The molecule has 1 saturated carbocycles. The van der Waals surface area contributed by atoms with Gasteiger partial charge in [0.25, 0.3) is 0 Å². The number of piperidine rings is 1. The Kier molecular flexibility index (Phi) is 5.67. The van der Waals surface area contributed by atoms with Gasteiger partial charge in [-0.05, 0) is 44.2 Å². The lowest BCUT2D eigenvalue weighted by molar-refractivity contribution is 0.0380. The van der Waals surface area contributed by atoms with Crippen molar-refractivity contribution in [2.24, 2.45) is 5.41 Å². The third-order valence-corrected chi connectivity index (χ3v) is 5.06. The van der Waals surface area contributed by atoms with Gasteiger partial charge >= 0.3 is 0 Å². The summed E-state index contributed by atoms with van der Waals surface area (Å²) in [7, 11) is 0. The Bertz CT molecular complexity index is 251. The summed E-state index contributed by atoms with van der Waals surface area (Å²) in [6, 6.07) is 0.460. The Morgan fingerprint density at radius 3 is 2.26 bits per heavy atom. The summed E-state index contributed by atoms with van der Waals surface area (Å²) < 4.78 is 0. The van der Waals surface area contributed by atoms with Gasteiger partial charge in [-0.15, -0.1) is 0 Å². The minimum atomic E-state index is -0.220. The number of aliphatic hydroxyl groups excluding tert-OH is 1. The summed E-state index contributed by atoms with van der Waals surface area (Å²) in [5.41, 5.74) is 0.676. The third kappa shape index (κ3) is 4.73. The van der Waals surface area contributed by atoms with E-state index in [1.54, 1.807) is 0 Å². The average molecular weight is 268 g/mol. The maximum Gasteiger partial charge on any atom is 0.0791 e. The zero-order chi connectivity index (χ0) is 13.7. The topological polar surface area (TPSA) is 35.5 Å². The van der Waals surface area contributed by atoms with E-state index in [0.29, 0.717) is 11.5 Å². The Hall–Kier alpha value is -0.120. The summed E-state index contributed by atoms with van der Waals surface area (Å²) in [5, 5.41) is 13.4. The monoisotopic (exact) mass is 268 g/mol. The molecule has 3 heteroatoms. The molecule has 1 atom stereocenters. The van der Waals surface area contributed by atoms with E-state index in [0.717, 1.165) is 13.1 Å². The van der Waals surface area contributed by atoms with Crippen molar-refractivity contribution >= 4 is 0 Å². The molecule has 2 N–H and O–H groups in total. The molecule has 1 heterocycles. The van der Waals surface area contributed by atoms with Crippen LogP contribution >= 0.6 is 0 Å². The van der Waals surface area contributed by atoms with Gasteiger partial charge in [0, 0.05) is 19.1 Å². The average Bonchev–Trinajstić information content (AvgIpc) is 2.40. The zero-order valence-electron chi connectivity index (χ0n) is 12.8. The second-order valence-corrected chi connectivity index (χ2v) is 7.08. The predicted octanol–water partition coefficient (Wildman–Crippen LogP) is 2.39. The zero-order valence-corrected chi connectivity index (χ0v) is 12.8. The molecule has 1 spiro atoms. The van der Waals surface area contributed by atoms with Gasteiger partial charge in [0.15, 0.2) is 0 Å². The largest absolute Gasteiger partial charge is 0.390 e. The van der Waals surface area contributed by atoms with Crippen LogP contribution in [-0.4, -0.2) is 48.3 Å². The molecule has 3 nitrogen and oxygen atoms in total. The molecule has 112 valence electrons. The molecule has 1 aliphatic carbocycles. The summed E-state index contributed by atoms with van der Waals surface area (Å²) in [5.74, 6) is 0. The SMILES string of the molecule is CC(C)NCC(O)CN1CCC2(CCCCC2)CC1. The highest BCUT2D eigenvalue weighted by molar-refractivity contribution is 4.88. The molecule has 19 heavy (non-hydrogen) atoms. The van der Waals surface area contributed by atoms with E-state index in [1.807, 2.05) is 0 Å². The first-order valence-electron chi connectivity index (χ1n) is 8.23.